The lowest BCUT2D eigenvalue weighted by Crippen LogP contribution is -2.28. The molecule has 1 aromatic rings. The first-order valence-electron chi connectivity index (χ1n) is 4.96. The zero-order chi connectivity index (χ0) is 9.80. The van der Waals surface area contributed by atoms with Gasteiger partial charge in [0, 0.05) is 13.1 Å². The zero-order valence-corrected chi connectivity index (χ0v) is 8.13. The second-order valence-electron chi connectivity index (χ2n) is 3.53. The normalized spacial score (nSPS) is 18.6. The average Bonchev–Trinajstić information content (AvgIpc) is 2.74. The molecule has 2 heteroatoms. The third kappa shape index (κ3) is 1.86. The molecule has 0 unspecified atom stereocenters. The molecule has 1 heterocycles. The van der Waals surface area contributed by atoms with Crippen LogP contribution in [-0.4, -0.2) is 29.7 Å². The molecule has 0 bridgehead atoms. The van der Waals surface area contributed by atoms with E-state index in [4.69, 9.17) is 0 Å². The van der Waals surface area contributed by atoms with Crippen LogP contribution in [0.5, 0.6) is 0 Å². The maximum absolute atomic E-state index is 9.37. The van der Waals surface area contributed by atoms with Crippen LogP contribution in [0.3, 0.4) is 0 Å². The lowest BCUT2D eigenvalue weighted by atomic mass is 10.1. The van der Waals surface area contributed by atoms with Gasteiger partial charge in [0.1, 0.15) is 0 Å². The monoisotopic (exact) mass is 189 g/mol. The smallest absolute Gasteiger partial charge is 0.0628 e. The number of nitrogens with zero attached hydrogens (tertiary/aromatic N) is 1. The Balaban J connectivity index is 2.13. The lowest BCUT2D eigenvalue weighted by molar-refractivity contribution is 0.152. The van der Waals surface area contributed by atoms with Gasteiger partial charge in [0.15, 0.2) is 0 Å². The van der Waals surface area contributed by atoms with Crippen LogP contribution < -0.4 is 0 Å². The molecule has 0 fully saturated rings. The summed E-state index contributed by atoms with van der Waals surface area (Å²) in [5.74, 6) is 0. The summed E-state index contributed by atoms with van der Waals surface area (Å²) >= 11 is 0. The number of benzene rings is 1. The average molecular weight is 189 g/mol. The standard InChI is InChI=1S/C12H15NO/c14-10-12(13-8-4-5-9-13)11-6-2-1-3-7-11/h1-7,12,14H,8-10H2/t12-/m0/s1. The van der Waals surface area contributed by atoms with Gasteiger partial charge in [0.05, 0.1) is 12.6 Å². The van der Waals surface area contributed by atoms with Crippen LogP contribution in [0.25, 0.3) is 0 Å². The summed E-state index contributed by atoms with van der Waals surface area (Å²) in [5, 5.41) is 9.37. The van der Waals surface area contributed by atoms with Crippen LogP contribution in [-0.2, 0) is 0 Å². The van der Waals surface area contributed by atoms with Crippen molar-refractivity contribution >= 4 is 0 Å². The van der Waals surface area contributed by atoms with Gasteiger partial charge in [0.2, 0.25) is 0 Å². The molecule has 2 nitrogen and oxygen atoms in total. The third-order valence-electron chi connectivity index (χ3n) is 2.64. The summed E-state index contributed by atoms with van der Waals surface area (Å²) < 4.78 is 0. The van der Waals surface area contributed by atoms with Crippen molar-refractivity contribution in [1.29, 1.82) is 0 Å². The van der Waals surface area contributed by atoms with Gasteiger partial charge in [-0.05, 0) is 5.56 Å². The molecule has 1 aliphatic rings. The lowest BCUT2D eigenvalue weighted by Gasteiger charge is -2.25. The molecular weight excluding hydrogens is 174 g/mol. The van der Waals surface area contributed by atoms with Crippen LogP contribution in [0, 0.1) is 0 Å². The molecule has 0 saturated carbocycles. The van der Waals surface area contributed by atoms with Crippen molar-refractivity contribution in [2.24, 2.45) is 0 Å². The number of aliphatic hydroxyl groups excluding tert-OH is 1. The van der Waals surface area contributed by atoms with Crippen molar-refractivity contribution in [2.45, 2.75) is 6.04 Å². The summed E-state index contributed by atoms with van der Waals surface area (Å²) in [5.41, 5.74) is 1.19. The minimum absolute atomic E-state index is 0.145. The molecule has 74 valence electrons. The summed E-state index contributed by atoms with van der Waals surface area (Å²) in [7, 11) is 0. The van der Waals surface area contributed by atoms with Gasteiger partial charge in [-0.15, -0.1) is 0 Å². The Hall–Kier alpha value is -1.12. The maximum Gasteiger partial charge on any atom is 0.0628 e. The Morgan fingerprint density at radius 1 is 1.14 bits per heavy atom. The number of hydrogen-bond acceptors (Lipinski definition) is 2. The first-order chi connectivity index (χ1) is 6.92. The van der Waals surface area contributed by atoms with Gasteiger partial charge in [-0.25, -0.2) is 0 Å². The Bertz CT molecular complexity index is 299. The summed E-state index contributed by atoms with van der Waals surface area (Å²) in [6, 6.07) is 10.3. The number of hydrogen-bond donors (Lipinski definition) is 1. The van der Waals surface area contributed by atoms with Gasteiger partial charge >= 0.3 is 0 Å². The van der Waals surface area contributed by atoms with Crippen LogP contribution in [0.15, 0.2) is 42.5 Å². The van der Waals surface area contributed by atoms with Crippen molar-refractivity contribution in [3.63, 3.8) is 0 Å². The second kappa shape index (κ2) is 4.40. The Morgan fingerprint density at radius 3 is 2.36 bits per heavy atom. The Labute approximate surface area is 84.5 Å². The summed E-state index contributed by atoms with van der Waals surface area (Å²) in [6.45, 7) is 2.08. The highest BCUT2D eigenvalue weighted by molar-refractivity contribution is 5.20. The van der Waals surface area contributed by atoms with Gasteiger partial charge in [0.25, 0.3) is 0 Å². The predicted octanol–water partition coefficient (Wildman–Crippen LogP) is 1.59. The first-order valence-corrected chi connectivity index (χ1v) is 4.96. The van der Waals surface area contributed by atoms with Crippen molar-refractivity contribution in [3.05, 3.63) is 48.0 Å². The van der Waals surface area contributed by atoms with Gasteiger partial charge in [-0.3, -0.25) is 4.90 Å². The SMILES string of the molecule is OC[C@@H](c1ccccc1)N1CC=CC1. The van der Waals surface area contributed by atoms with Gasteiger partial charge < -0.3 is 5.11 Å². The topological polar surface area (TPSA) is 23.5 Å². The molecule has 0 amide bonds. The fourth-order valence-corrected chi connectivity index (χ4v) is 1.86. The van der Waals surface area contributed by atoms with E-state index >= 15 is 0 Å². The predicted molar refractivity (Wildman–Crippen MR) is 57.0 cm³/mol. The van der Waals surface area contributed by atoms with Crippen LogP contribution >= 0.6 is 0 Å². The molecule has 0 saturated heterocycles. The van der Waals surface area contributed by atoms with E-state index in [1.54, 1.807) is 0 Å². The zero-order valence-electron chi connectivity index (χ0n) is 8.13. The number of aliphatic hydroxyl groups is 1. The van der Waals surface area contributed by atoms with Crippen LogP contribution in [0.1, 0.15) is 11.6 Å². The molecule has 1 aliphatic heterocycles. The summed E-state index contributed by atoms with van der Waals surface area (Å²) in [4.78, 5) is 2.26. The molecule has 1 atom stereocenters. The van der Waals surface area contributed by atoms with Crippen LogP contribution in [0.2, 0.25) is 0 Å². The highest BCUT2D eigenvalue weighted by atomic mass is 16.3. The van der Waals surface area contributed by atoms with E-state index in [0.717, 1.165) is 13.1 Å². The van der Waals surface area contributed by atoms with Gasteiger partial charge in [-0.2, -0.15) is 0 Å². The minimum Gasteiger partial charge on any atom is -0.394 e. The van der Waals surface area contributed by atoms with E-state index in [9.17, 15) is 5.11 Å². The van der Waals surface area contributed by atoms with Crippen molar-refractivity contribution < 1.29 is 5.11 Å². The van der Waals surface area contributed by atoms with E-state index < -0.39 is 0 Å². The van der Waals surface area contributed by atoms with Crippen molar-refractivity contribution in [3.8, 4) is 0 Å². The molecule has 0 spiro atoms. The largest absolute Gasteiger partial charge is 0.394 e. The second-order valence-corrected chi connectivity index (χ2v) is 3.53. The van der Waals surface area contributed by atoms with Crippen LogP contribution in [0.4, 0.5) is 0 Å². The van der Waals surface area contributed by atoms with E-state index in [2.05, 4.69) is 29.2 Å². The summed E-state index contributed by atoms with van der Waals surface area (Å²) in [6.07, 6.45) is 4.29. The fraction of sp³-hybridized carbons (Fsp3) is 0.333. The van der Waals surface area contributed by atoms with Gasteiger partial charge in [-0.1, -0.05) is 42.5 Å². The molecule has 1 aromatic carbocycles. The molecule has 0 aliphatic carbocycles. The Kier molecular flexibility index (Phi) is 2.96. The molecule has 1 N–H and O–H groups in total. The van der Waals surface area contributed by atoms with E-state index in [-0.39, 0.29) is 12.6 Å². The van der Waals surface area contributed by atoms with E-state index in [1.807, 2.05) is 18.2 Å². The molecule has 0 aromatic heterocycles. The van der Waals surface area contributed by atoms with Crippen molar-refractivity contribution in [1.82, 2.24) is 4.90 Å². The highest BCUT2D eigenvalue weighted by Crippen LogP contribution is 2.21. The Morgan fingerprint density at radius 2 is 1.79 bits per heavy atom. The van der Waals surface area contributed by atoms with E-state index in [0.29, 0.717) is 0 Å². The molecule has 0 radical (unpaired) electrons. The molecule has 2 rings (SSSR count). The third-order valence-corrected chi connectivity index (χ3v) is 2.64. The maximum atomic E-state index is 9.37. The molecular formula is C12H15NO. The number of rotatable bonds is 3. The molecule has 14 heavy (non-hydrogen) atoms. The first kappa shape index (κ1) is 9.44. The fourth-order valence-electron chi connectivity index (χ4n) is 1.86. The van der Waals surface area contributed by atoms with E-state index in [1.165, 1.54) is 5.56 Å². The minimum atomic E-state index is 0.145. The highest BCUT2D eigenvalue weighted by Gasteiger charge is 2.19. The quantitative estimate of drug-likeness (QED) is 0.730. The van der Waals surface area contributed by atoms with Crippen molar-refractivity contribution in [2.75, 3.05) is 19.7 Å².